The van der Waals surface area contributed by atoms with Gasteiger partial charge in [-0.2, -0.15) is 13.2 Å². The van der Waals surface area contributed by atoms with Crippen LogP contribution in [0.2, 0.25) is 0 Å². The molecule has 0 radical (unpaired) electrons. The fourth-order valence-corrected chi connectivity index (χ4v) is 2.69. The fourth-order valence-electron chi connectivity index (χ4n) is 2.69. The molecule has 9 heteroatoms. The van der Waals surface area contributed by atoms with Gasteiger partial charge in [-0.3, -0.25) is 4.79 Å². The molecule has 0 saturated carbocycles. The molecule has 2 heterocycles. The predicted molar refractivity (Wildman–Crippen MR) is 82.7 cm³/mol. The lowest BCUT2D eigenvalue weighted by molar-refractivity contribution is -0.558. The minimum absolute atomic E-state index is 0.0106. The molecule has 6 nitrogen and oxygen atoms in total. The molecule has 0 fully saturated rings. The molecule has 2 aromatic heterocycles. The van der Waals surface area contributed by atoms with E-state index in [2.05, 4.69) is 10.2 Å². The molecule has 0 unspecified atom stereocenters. The molecular formula is C16H10F3N4O2+. The molecule has 0 saturated heterocycles. The number of nitrogens with one attached hydrogen (secondary N) is 2. The third kappa shape index (κ3) is 2.32. The van der Waals surface area contributed by atoms with E-state index in [0.29, 0.717) is 10.9 Å². The van der Waals surface area contributed by atoms with Crippen molar-refractivity contribution in [3.63, 3.8) is 0 Å². The van der Waals surface area contributed by atoms with E-state index in [1.807, 2.05) is 0 Å². The predicted octanol–water partition coefficient (Wildman–Crippen LogP) is 1.76. The quantitative estimate of drug-likeness (QED) is 0.515. The number of para-hydroxylation sites is 1. The Bertz CT molecular complexity index is 1220. The van der Waals surface area contributed by atoms with Crippen LogP contribution in [0.25, 0.3) is 22.2 Å². The highest BCUT2D eigenvalue weighted by Crippen LogP contribution is 2.29. The van der Waals surface area contributed by atoms with Gasteiger partial charge in [-0.15, -0.1) is 14.4 Å². The minimum atomic E-state index is -4.46. The van der Waals surface area contributed by atoms with Crippen LogP contribution < -0.4 is 15.6 Å². The molecule has 0 atom stereocenters. The second-order valence-corrected chi connectivity index (χ2v) is 5.44. The lowest BCUT2D eigenvalue weighted by Gasteiger charge is -2.05. The number of nitrogens with zero attached hydrogens (tertiary/aromatic N) is 2. The summed E-state index contributed by atoms with van der Waals surface area (Å²) in [5, 5.41) is 3.15. The molecule has 4 aromatic rings. The molecule has 0 bridgehead atoms. The first-order valence-corrected chi connectivity index (χ1v) is 7.22. The van der Waals surface area contributed by atoms with Crippen LogP contribution in [0, 0.1) is 0 Å². The third-order valence-electron chi connectivity index (χ3n) is 3.90. The van der Waals surface area contributed by atoms with Gasteiger partial charge in [0.2, 0.25) is 0 Å². The van der Waals surface area contributed by atoms with E-state index < -0.39 is 22.9 Å². The monoisotopic (exact) mass is 347 g/mol. The summed E-state index contributed by atoms with van der Waals surface area (Å²) in [6.45, 7) is 0. The standard InChI is InChI=1S/C16H9F3N4O2/c17-16(18,19)9-5-7-10(8-6-9)22-15(25)13-20-14(24)11-3-1-2-4-12(11)23(13)21-22/h1-8,21H/p+1. The molecule has 0 spiro atoms. The maximum absolute atomic E-state index is 12.7. The number of benzene rings is 2. The van der Waals surface area contributed by atoms with E-state index in [1.165, 1.54) is 16.6 Å². The Balaban J connectivity index is 1.98. The number of H-pyrrole nitrogens is 2. The van der Waals surface area contributed by atoms with Crippen LogP contribution in [0.15, 0.2) is 58.1 Å². The van der Waals surface area contributed by atoms with Crippen molar-refractivity contribution in [2.24, 2.45) is 0 Å². The average molecular weight is 347 g/mol. The van der Waals surface area contributed by atoms with E-state index >= 15 is 0 Å². The first-order valence-electron chi connectivity index (χ1n) is 7.22. The second kappa shape index (κ2) is 5.07. The van der Waals surface area contributed by atoms with E-state index in [4.69, 9.17) is 0 Å². The molecular weight excluding hydrogens is 337 g/mol. The van der Waals surface area contributed by atoms with Crippen molar-refractivity contribution in [2.45, 2.75) is 6.18 Å². The number of hydrogen-bond acceptors (Lipinski definition) is 2. The number of halogens is 3. The number of aromatic amines is 2. The van der Waals surface area contributed by atoms with Gasteiger partial charge in [0, 0.05) is 0 Å². The number of rotatable bonds is 1. The van der Waals surface area contributed by atoms with Gasteiger partial charge in [-0.1, -0.05) is 12.1 Å². The second-order valence-electron chi connectivity index (χ2n) is 5.44. The van der Waals surface area contributed by atoms with E-state index in [-0.39, 0.29) is 11.3 Å². The summed E-state index contributed by atoms with van der Waals surface area (Å²) in [5.41, 5.74) is -1.14. The van der Waals surface area contributed by atoms with Gasteiger partial charge in [0.05, 0.1) is 10.9 Å². The summed E-state index contributed by atoms with van der Waals surface area (Å²) in [7, 11) is 0. The summed E-state index contributed by atoms with van der Waals surface area (Å²) >= 11 is 0. The van der Waals surface area contributed by atoms with E-state index in [1.54, 1.807) is 24.3 Å². The Labute approximate surface area is 136 Å². The largest absolute Gasteiger partial charge is 0.416 e. The smallest absolute Gasteiger partial charge is 0.250 e. The molecule has 2 aromatic carbocycles. The zero-order chi connectivity index (χ0) is 17.8. The number of alkyl halides is 3. The van der Waals surface area contributed by atoms with E-state index in [9.17, 15) is 22.8 Å². The lowest BCUT2D eigenvalue weighted by Crippen LogP contribution is -2.31. The third-order valence-corrected chi connectivity index (χ3v) is 3.90. The first-order chi connectivity index (χ1) is 11.9. The molecule has 4 rings (SSSR count). The minimum Gasteiger partial charge on any atom is -0.250 e. The van der Waals surface area contributed by atoms with Crippen molar-refractivity contribution in [1.29, 1.82) is 0 Å². The normalized spacial score (nSPS) is 12.1. The highest BCUT2D eigenvalue weighted by atomic mass is 19.4. The first kappa shape index (κ1) is 15.2. The SMILES string of the molecule is O=c1[nH]c2c(=O)n(-c3ccc(C(F)(F)F)cc3)[nH][n+]2c2ccccc12. The summed E-state index contributed by atoms with van der Waals surface area (Å²) in [4.78, 5) is 27.1. The highest BCUT2D eigenvalue weighted by Gasteiger charge is 2.30. The van der Waals surface area contributed by atoms with Crippen molar-refractivity contribution in [2.75, 3.05) is 0 Å². The van der Waals surface area contributed by atoms with Crippen LogP contribution >= 0.6 is 0 Å². The van der Waals surface area contributed by atoms with Gasteiger partial charge in [0.1, 0.15) is 11.2 Å². The Morgan fingerprint density at radius 2 is 1.64 bits per heavy atom. The molecule has 2 N–H and O–H groups in total. The number of fused-ring (bicyclic) bond motifs is 3. The van der Waals surface area contributed by atoms with Gasteiger partial charge >= 0.3 is 22.9 Å². The van der Waals surface area contributed by atoms with Crippen LogP contribution in [0.1, 0.15) is 5.56 Å². The lowest BCUT2D eigenvalue weighted by atomic mass is 10.2. The topological polar surface area (TPSA) is 74.8 Å². The van der Waals surface area contributed by atoms with E-state index in [0.717, 1.165) is 16.8 Å². The fraction of sp³-hybridized carbons (Fsp3) is 0.0625. The summed E-state index contributed by atoms with van der Waals surface area (Å²) < 4.78 is 40.5. The summed E-state index contributed by atoms with van der Waals surface area (Å²) in [6.07, 6.45) is -4.46. The van der Waals surface area contributed by atoms with Crippen LogP contribution in [0.4, 0.5) is 13.2 Å². The maximum Gasteiger partial charge on any atom is 0.416 e. The van der Waals surface area contributed by atoms with Crippen LogP contribution in [-0.2, 0) is 6.18 Å². The van der Waals surface area contributed by atoms with Gasteiger partial charge in [-0.25, -0.2) is 9.78 Å². The average Bonchev–Trinajstić information content (AvgIpc) is 2.92. The molecule has 0 aliphatic carbocycles. The number of hydrogen-bond donors (Lipinski definition) is 2. The molecule has 126 valence electrons. The Hall–Kier alpha value is -3.36. The van der Waals surface area contributed by atoms with Crippen molar-refractivity contribution in [3.8, 4) is 5.69 Å². The van der Waals surface area contributed by atoms with Crippen molar-refractivity contribution >= 4 is 16.6 Å². The molecule has 0 aliphatic heterocycles. The summed E-state index contributed by atoms with van der Waals surface area (Å²) in [5.74, 6) is 0. The number of aromatic nitrogens is 4. The maximum atomic E-state index is 12.7. The Kier molecular flexibility index (Phi) is 3.08. The van der Waals surface area contributed by atoms with Crippen molar-refractivity contribution in [3.05, 3.63) is 74.8 Å². The van der Waals surface area contributed by atoms with Gasteiger partial charge in [0.25, 0.3) is 0 Å². The van der Waals surface area contributed by atoms with Crippen LogP contribution in [-0.4, -0.2) is 14.9 Å². The van der Waals surface area contributed by atoms with Crippen molar-refractivity contribution in [1.82, 2.24) is 14.9 Å². The Morgan fingerprint density at radius 1 is 0.960 bits per heavy atom. The highest BCUT2D eigenvalue weighted by molar-refractivity contribution is 5.75. The molecule has 0 amide bonds. The van der Waals surface area contributed by atoms with Gasteiger partial charge in [0.15, 0.2) is 0 Å². The summed E-state index contributed by atoms with van der Waals surface area (Å²) in [6, 6.07) is 10.8. The van der Waals surface area contributed by atoms with Crippen LogP contribution in [0.3, 0.4) is 0 Å². The zero-order valence-corrected chi connectivity index (χ0v) is 12.5. The van der Waals surface area contributed by atoms with Gasteiger partial charge < -0.3 is 0 Å². The zero-order valence-electron chi connectivity index (χ0n) is 12.5. The van der Waals surface area contributed by atoms with Gasteiger partial charge in [-0.05, 0) is 36.4 Å². The molecule has 0 aliphatic rings. The van der Waals surface area contributed by atoms with Crippen molar-refractivity contribution < 1.29 is 17.7 Å². The molecule has 25 heavy (non-hydrogen) atoms. The van der Waals surface area contributed by atoms with Crippen LogP contribution in [0.5, 0.6) is 0 Å². The Morgan fingerprint density at radius 3 is 2.32 bits per heavy atom.